The van der Waals surface area contributed by atoms with E-state index in [9.17, 15) is 0 Å². The van der Waals surface area contributed by atoms with Crippen LogP contribution in [0, 0.1) is 11.3 Å². The minimum Gasteiger partial charge on any atom is -0.270 e. The zero-order chi connectivity index (χ0) is 10.7. The first-order chi connectivity index (χ1) is 7.17. The quantitative estimate of drug-likeness (QED) is 0.580. The van der Waals surface area contributed by atoms with Crippen molar-refractivity contribution in [2.75, 3.05) is 0 Å². The van der Waals surface area contributed by atoms with Crippen LogP contribution in [0.25, 0.3) is 0 Å². The summed E-state index contributed by atoms with van der Waals surface area (Å²) in [4.78, 5) is 8.76. The predicted molar refractivity (Wildman–Crippen MR) is 65.7 cm³/mol. The third-order valence-corrected chi connectivity index (χ3v) is 3.75. The first-order valence-corrected chi connectivity index (χ1v) is 6.22. The molecule has 2 nitrogen and oxygen atoms in total. The molecule has 1 aliphatic carbocycles. The third-order valence-electron chi connectivity index (χ3n) is 3.75. The monoisotopic (exact) mass is 206 g/mol. The van der Waals surface area contributed by atoms with Gasteiger partial charge in [-0.3, -0.25) is 4.99 Å². The highest BCUT2D eigenvalue weighted by Crippen LogP contribution is 2.35. The molecule has 0 N–H and O–H groups in total. The van der Waals surface area contributed by atoms with E-state index >= 15 is 0 Å². The van der Waals surface area contributed by atoms with Crippen LogP contribution in [-0.2, 0) is 0 Å². The molecule has 2 atom stereocenters. The van der Waals surface area contributed by atoms with E-state index in [0.29, 0.717) is 17.4 Å². The van der Waals surface area contributed by atoms with Crippen LogP contribution < -0.4 is 0 Å². The lowest BCUT2D eigenvalue weighted by molar-refractivity contribution is 0.266. The van der Waals surface area contributed by atoms with Crippen LogP contribution in [-0.4, -0.2) is 18.6 Å². The van der Waals surface area contributed by atoms with E-state index in [1.807, 2.05) is 0 Å². The molecule has 1 fully saturated rings. The van der Waals surface area contributed by atoms with Crippen molar-refractivity contribution in [1.82, 2.24) is 0 Å². The summed E-state index contributed by atoms with van der Waals surface area (Å²) in [5, 5.41) is 0. The lowest BCUT2D eigenvalue weighted by atomic mass is 9.79. The average molecular weight is 206 g/mol. The van der Waals surface area contributed by atoms with Gasteiger partial charge in [0.05, 0.1) is 6.04 Å². The average Bonchev–Trinajstić information content (AvgIpc) is 2.25. The molecule has 1 saturated carbocycles. The molecule has 0 amide bonds. The summed E-state index contributed by atoms with van der Waals surface area (Å²) in [5.41, 5.74) is 0.454. The van der Waals surface area contributed by atoms with Crippen molar-refractivity contribution in [3.8, 4) is 0 Å². The molecule has 0 aromatic heterocycles. The first kappa shape index (κ1) is 10.8. The highest BCUT2D eigenvalue weighted by molar-refractivity contribution is 5.77. The Kier molecular flexibility index (Phi) is 3.22. The topological polar surface area (TPSA) is 24.7 Å². The van der Waals surface area contributed by atoms with E-state index in [-0.39, 0.29) is 0 Å². The summed E-state index contributed by atoms with van der Waals surface area (Å²) < 4.78 is 0. The maximum atomic E-state index is 4.57. The largest absolute Gasteiger partial charge is 0.270 e. The van der Waals surface area contributed by atoms with Gasteiger partial charge in [0.25, 0.3) is 0 Å². The fourth-order valence-electron chi connectivity index (χ4n) is 2.78. The minimum atomic E-state index is 0.454. The number of aliphatic imine (C=N–C) groups is 2. The van der Waals surface area contributed by atoms with Crippen molar-refractivity contribution in [2.24, 2.45) is 21.3 Å². The van der Waals surface area contributed by atoms with Crippen molar-refractivity contribution in [2.45, 2.75) is 58.4 Å². The van der Waals surface area contributed by atoms with Crippen LogP contribution in [0.2, 0.25) is 0 Å². The molecule has 1 aliphatic heterocycles. The highest BCUT2D eigenvalue weighted by atomic mass is 14.9. The summed E-state index contributed by atoms with van der Waals surface area (Å²) in [6, 6.07) is 0.496. The van der Waals surface area contributed by atoms with E-state index in [2.05, 4.69) is 30.0 Å². The van der Waals surface area contributed by atoms with Gasteiger partial charge in [-0.25, -0.2) is 4.99 Å². The van der Waals surface area contributed by atoms with Gasteiger partial charge in [-0.15, -0.1) is 0 Å². The Hall–Kier alpha value is -0.660. The lowest BCUT2D eigenvalue weighted by Gasteiger charge is -2.30. The molecule has 1 heterocycles. The van der Waals surface area contributed by atoms with E-state index in [0.717, 1.165) is 0 Å². The molecule has 0 radical (unpaired) electrons. The Morgan fingerprint density at radius 2 is 2.07 bits per heavy atom. The highest BCUT2D eigenvalue weighted by Gasteiger charge is 2.29. The molecule has 2 heteroatoms. The molecular formula is C13H22N2. The van der Waals surface area contributed by atoms with Crippen LogP contribution in [0.1, 0.15) is 52.4 Å². The van der Waals surface area contributed by atoms with Gasteiger partial charge >= 0.3 is 0 Å². The molecule has 0 aromatic rings. The van der Waals surface area contributed by atoms with Gasteiger partial charge in [0.1, 0.15) is 6.34 Å². The van der Waals surface area contributed by atoms with E-state index in [1.165, 1.54) is 38.5 Å². The molecule has 0 aromatic carbocycles. The normalized spacial score (nSPS) is 35.1. The van der Waals surface area contributed by atoms with Gasteiger partial charge in [0.2, 0.25) is 0 Å². The van der Waals surface area contributed by atoms with Gasteiger partial charge in [-0.2, -0.15) is 0 Å². The Labute approximate surface area is 92.9 Å². The second-order valence-corrected chi connectivity index (χ2v) is 5.76. The molecule has 15 heavy (non-hydrogen) atoms. The van der Waals surface area contributed by atoms with Crippen LogP contribution in [0.3, 0.4) is 0 Å². The summed E-state index contributed by atoms with van der Waals surface area (Å²) in [6.45, 7) is 4.77. The second kappa shape index (κ2) is 4.46. The summed E-state index contributed by atoms with van der Waals surface area (Å²) in [5.74, 6) is 0.604. The molecular weight excluding hydrogens is 184 g/mol. The molecule has 2 rings (SSSR count). The molecule has 0 saturated heterocycles. The fraction of sp³-hybridized carbons (Fsp3) is 0.846. The molecule has 84 valence electrons. The Morgan fingerprint density at radius 1 is 1.20 bits per heavy atom. The third kappa shape index (κ3) is 2.90. The number of hydrogen-bond donors (Lipinski definition) is 0. The Morgan fingerprint density at radius 3 is 2.93 bits per heavy atom. The first-order valence-electron chi connectivity index (χ1n) is 6.22. The zero-order valence-electron chi connectivity index (χ0n) is 9.95. The number of rotatable bonds is 0. The van der Waals surface area contributed by atoms with Gasteiger partial charge in [0.15, 0.2) is 0 Å². The summed E-state index contributed by atoms with van der Waals surface area (Å²) in [7, 11) is 0. The summed E-state index contributed by atoms with van der Waals surface area (Å²) >= 11 is 0. The van der Waals surface area contributed by atoms with Crippen LogP contribution in [0.15, 0.2) is 9.98 Å². The van der Waals surface area contributed by atoms with Crippen molar-refractivity contribution in [3.05, 3.63) is 0 Å². The van der Waals surface area contributed by atoms with E-state index in [1.54, 1.807) is 6.34 Å². The van der Waals surface area contributed by atoms with Crippen molar-refractivity contribution < 1.29 is 0 Å². The fourth-order valence-corrected chi connectivity index (χ4v) is 2.78. The minimum absolute atomic E-state index is 0.454. The van der Waals surface area contributed by atoms with Crippen LogP contribution >= 0.6 is 0 Å². The molecule has 0 spiro atoms. The molecule has 0 bridgehead atoms. The van der Waals surface area contributed by atoms with Crippen LogP contribution in [0.4, 0.5) is 0 Å². The van der Waals surface area contributed by atoms with Gasteiger partial charge < -0.3 is 0 Å². The maximum Gasteiger partial charge on any atom is 0.109 e. The number of hydrogen-bond acceptors (Lipinski definition) is 2. The van der Waals surface area contributed by atoms with Gasteiger partial charge in [-0.05, 0) is 24.7 Å². The molecule has 2 aliphatic rings. The van der Waals surface area contributed by atoms with Crippen molar-refractivity contribution >= 4 is 12.6 Å². The molecule has 2 unspecified atom stereocenters. The Balaban J connectivity index is 2.10. The van der Waals surface area contributed by atoms with Gasteiger partial charge in [0, 0.05) is 12.1 Å². The summed E-state index contributed by atoms with van der Waals surface area (Å²) in [6.07, 6.45) is 11.8. The number of fused-ring (bicyclic) bond motifs is 1. The lowest BCUT2D eigenvalue weighted by Crippen LogP contribution is -2.28. The van der Waals surface area contributed by atoms with Gasteiger partial charge in [-0.1, -0.05) is 33.1 Å². The second-order valence-electron chi connectivity index (χ2n) is 5.76. The zero-order valence-corrected chi connectivity index (χ0v) is 9.95. The smallest absolute Gasteiger partial charge is 0.109 e. The maximum absolute atomic E-state index is 4.57. The van der Waals surface area contributed by atoms with Crippen molar-refractivity contribution in [1.29, 1.82) is 0 Å². The predicted octanol–water partition coefficient (Wildman–Crippen LogP) is 3.46. The standard InChI is InChI=1S/C13H22N2/c1-13(2)7-5-3-4-6-11-9-14-10-15-12(11)8-13/h9-12H,3-8H2,1-2H3. The SMILES string of the molecule is CC1(C)CCCCCC2C=NC=NC2C1. The Bertz CT molecular complexity index is 266. The van der Waals surface area contributed by atoms with Crippen molar-refractivity contribution in [3.63, 3.8) is 0 Å². The van der Waals surface area contributed by atoms with E-state index < -0.39 is 0 Å². The van der Waals surface area contributed by atoms with Crippen LogP contribution in [0.5, 0.6) is 0 Å². The number of nitrogens with zero attached hydrogens (tertiary/aromatic N) is 2. The van der Waals surface area contributed by atoms with E-state index in [4.69, 9.17) is 0 Å².